The van der Waals surface area contributed by atoms with Crippen molar-refractivity contribution in [2.75, 3.05) is 0 Å². The van der Waals surface area contributed by atoms with Gasteiger partial charge in [-0.3, -0.25) is 9.78 Å². The molecule has 2 rings (SSSR count). The fraction of sp³-hybridized carbons (Fsp3) is 0.294. The van der Waals surface area contributed by atoms with Gasteiger partial charge in [0.05, 0.1) is 17.0 Å². The van der Waals surface area contributed by atoms with E-state index < -0.39 is 0 Å². The van der Waals surface area contributed by atoms with Crippen LogP contribution in [0.2, 0.25) is 0 Å². The van der Waals surface area contributed by atoms with E-state index in [1.165, 1.54) is 0 Å². The third-order valence-electron chi connectivity index (χ3n) is 2.89. The van der Waals surface area contributed by atoms with Crippen molar-refractivity contribution in [3.63, 3.8) is 0 Å². The summed E-state index contributed by atoms with van der Waals surface area (Å²) in [5, 5.41) is 2.96. The first-order valence-corrected chi connectivity index (χ1v) is 6.72. The Morgan fingerprint density at radius 2 is 1.70 bits per heavy atom. The van der Waals surface area contributed by atoms with Gasteiger partial charge < -0.3 is 5.32 Å². The SMILES string of the molecule is Cc1nc(-c2ccccc2)ccc1C(=O)NC(C)(C)C. The highest BCUT2D eigenvalue weighted by Crippen LogP contribution is 2.18. The summed E-state index contributed by atoms with van der Waals surface area (Å²) in [6.45, 7) is 7.76. The predicted octanol–water partition coefficient (Wildman–Crippen LogP) is 3.59. The van der Waals surface area contributed by atoms with E-state index in [2.05, 4.69) is 10.3 Å². The van der Waals surface area contributed by atoms with Gasteiger partial charge in [-0.2, -0.15) is 0 Å². The maximum atomic E-state index is 12.2. The summed E-state index contributed by atoms with van der Waals surface area (Å²) in [7, 11) is 0. The number of carbonyl (C=O) groups is 1. The van der Waals surface area contributed by atoms with Crippen LogP contribution in [-0.2, 0) is 0 Å². The van der Waals surface area contributed by atoms with Gasteiger partial charge in [0.15, 0.2) is 0 Å². The van der Waals surface area contributed by atoms with Crippen molar-refractivity contribution < 1.29 is 4.79 Å². The molecule has 1 aromatic heterocycles. The first-order valence-electron chi connectivity index (χ1n) is 6.72. The Bertz CT molecular complexity index is 613. The molecule has 0 spiro atoms. The molecular weight excluding hydrogens is 248 g/mol. The molecule has 3 nitrogen and oxygen atoms in total. The first kappa shape index (κ1) is 14.3. The molecule has 104 valence electrons. The highest BCUT2D eigenvalue weighted by atomic mass is 16.1. The van der Waals surface area contributed by atoms with E-state index in [1.54, 1.807) is 0 Å². The molecule has 2 aromatic rings. The molecule has 20 heavy (non-hydrogen) atoms. The molecule has 0 atom stereocenters. The van der Waals surface area contributed by atoms with Crippen molar-refractivity contribution in [2.24, 2.45) is 0 Å². The van der Waals surface area contributed by atoms with Gasteiger partial charge in [0.2, 0.25) is 0 Å². The fourth-order valence-corrected chi connectivity index (χ4v) is 1.98. The molecule has 1 heterocycles. The Balaban J connectivity index is 2.29. The zero-order valence-corrected chi connectivity index (χ0v) is 12.4. The van der Waals surface area contributed by atoms with Gasteiger partial charge in [0, 0.05) is 11.1 Å². The van der Waals surface area contributed by atoms with Gasteiger partial charge in [-0.15, -0.1) is 0 Å². The molecular formula is C17H20N2O. The Hall–Kier alpha value is -2.16. The monoisotopic (exact) mass is 268 g/mol. The minimum Gasteiger partial charge on any atom is -0.347 e. The topological polar surface area (TPSA) is 42.0 Å². The van der Waals surface area contributed by atoms with E-state index in [0.717, 1.165) is 17.0 Å². The smallest absolute Gasteiger partial charge is 0.253 e. The summed E-state index contributed by atoms with van der Waals surface area (Å²) in [6, 6.07) is 13.7. The predicted molar refractivity (Wildman–Crippen MR) is 81.6 cm³/mol. The molecule has 3 heteroatoms. The molecule has 1 amide bonds. The normalized spacial score (nSPS) is 11.2. The number of carbonyl (C=O) groups excluding carboxylic acids is 1. The van der Waals surface area contributed by atoms with E-state index in [4.69, 9.17) is 0 Å². The molecule has 0 saturated heterocycles. The van der Waals surface area contributed by atoms with Crippen molar-refractivity contribution in [1.82, 2.24) is 10.3 Å². The first-order chi connectivity index (χ1) is 9.37. The average molecular weight is 268 g/mol. The van der Waals surface area contributed by atoms with Crippen LogP contribution in [0.3, 0.4) is 0 Å². The van der Waals surface area contributed by atoms with Gasteiger partial charge in [0.25, 0.3) is 5.91 Å². The Kier molecular flexibility index (Phi) is 3.89. The Morgan fingerprint density at radius 1 is 1.05 bits per heavy atom. The zero-order chi connectivity index (χ0) is 14.8. The lowest BCUT2D eigenvalue weighted by Crippen LogP contribution is -2.40. The number of aryl methyl sites for hydroxylation is 1. The highest BCUT2D eigenvalue weighted by molar-refractivity contribution is 5.95. The molecule has 0 radical (unpaired) electrons. The maximum Gasteiger partial charge on any atom is 0.253 e. The molecule has 0 unspecified atom stereocenters. The van der Waals surface area contributed by atoms with Crippen molar-refractivity contribution >= 4 is 5.91 Å². The third kappa shape index (κ3) is 3.44. The van der Waals surface area contributed by atoms with E-state index in [1.807, 2.05) is 70.2 Å². The summed E-state index contributed by atoms with van der Waals surface area (Å²) in [4.78, 5) is 16.7. The number of nitrogens with zero attached hydrogens (tertiary/aromatic N) is 1. The lowest BCUT2D eigenvalue weighted by Gasteiger charge is -2.21. The minimum absolute atomic E-state index is 0.0814. The van der Waals surface area contributed by atoms with Gasteiger partial charge in [0.1, 0.15) is 0 Å². The van der Waals surface area contributed by atoms with E-state index in [-0.39, 0.29) is 11.4 Å². The standard InChI is InChI=1S/C17H20N2O/c1-12-14(16(20)19-17(2,3)4)10-11-15(18-12)13-8-6-5-7-9-13/h5-11H,1-4H3,(H,19,20). The van der Waals surface area contributed by atoms with Crippen LogP contribution in [0, 0.1) is 6.92 Å². The van der Waals surface area contributed by atoms with Crippen molar-refractivity contribution in [2.45, 2.75) is 33.2 Å². The van der Waals surface area contributed by atoms with E-state index >= 15 is 0 Å². The lowest BCUT2D eigenvalue weighted by atomic mass is 10.1. The number of hydrogen-bond donors (Lipinski definition) is 1. The highest BCUT2D eigenvalue weighted by Gasteiger charge is 2.17. The van der Waals surface area contributed by atoms with Crippen molar-refractivity contribution in [3.8, 4) is 11.3 Å². The second-order valence-corrected chi connectivity index (χ2v) is 5.90. The number of aromatic nitrogens is 1. The minimum atomic E-state index is -0.248. The molecule has 0 fully saturated rings. The van der Waals surface area contributed by atoms with Crippen LogP contribution in [-0.4, -0.2) is 16.4 Å². The van der Waals surface area contributed by atoms with Crippen LogP contribution in [0.1, 0.15) is 36.8 Å². The zero-order valence-electron chi connectivity index (χ0n) is 12.4. The number of pyridine rings is 1. The van der Waals surface area contributed by atoms with E-state index in [9.17, 15) is 4.79 Å². The number of nitrogens with one attached hydrogen (secondary N) is 1. The molecule has 0 aliphatic heterocycles. The maximum absolute atomic E-state index is 12.2. The molecule has 1 aromatic carbocycles. The van der Waals surface area contributed by atoms with Crippen LogP contribution in [0.5, 0.6) is 0 Å². The van der Waals surface area contributed by atoms with Gasteiger partial charge in [-0.1, -0.05) is 30.3 Å². The van der Waals surface area contributed by atoms with E-state index in [0.29, 0.717) is 5.56 Å². The van der Waals surface area contributed by atoms with Gasteiger partial charge >= 0.3 is 0 Å². The summed E-state index contributed by atoms with van der Waals surface area (Å²) in [5.74, 6) is -0.0814. The van der Waals surface area contributed by atoms with Crippen LogP contribution in [0.25, 0.3) is 11.3 Å². The largest absolute Gasteiger partial charge is 0.347 e. The number of amides is 1. The fourth-order valence-electron chi connectivity index (χ4n) is 1.98. The summed E-state index contributed by atoms with van der Waals surface area (Å²) < 4.78 is 0. The Labute approximate surface area is 120 Å². The molecule has 0 aliphatic rings. The molecule has 0 saturated carbocycles. The van der Waals surface area contributed by atoms with Gasteiger partial charge in [-0.25, -0.2) is 0 Å². The van der Waals surface area contributed by atoms with Crippen LogP contribution >= 0.6 is 0 Å². The quantitative estimate of drug-likeness (QED) is 0.904. The lowest BCUT2D eigenvalue weighted by molar-refractivity contribution is 0.0918. The van der Waals surface area contributed by atoms with Crippen LogP contribution < -0.4 is 5.32 Å². The second-order valence-electron chi connectivity index (χ2n) is 5.90. The summed E-state index contributed by atoms with van der Waals surface area (Å²) in [6.07, 6.45) is 0. The Morgan fingerprint density at radius 3 is 2.25 bits per heavy atom. The van der Waals surface area contributed by atoms with Crippen LogP contribution in [0.15, 0.2) is 42.5 Å². The number of benzene rings is 1. The number of hydrogen-bond acceptors (Lipinski definition) is 2. The van der Waals surface area contributed by atoms with Crippen molar-refractivity contribution in [1.29, 1.82) is 0 Å². The third-order valence-corrected chi connectivity index (χ3v) is 2.89. The molecule has 0 aliphatic carbocycles. The van der Waals surface area contributed by atoms with Gasteiger partial charge in [-0.05, 0) is 39.8 Å². The van der Waals surface area contributed by atoms with Crippen LogP contribution in [0.4, 0.5) is 0 Å². The molecule has 0 bridgehead atoms. The second kappa shape index (κ2) is 5.45. The summed E-state index contributed by atoms with van der Waals surface area (Å²) >= 11 is 0. The number of rotatable bonds is 2. The summed E-state index contributed by atoms with van der Waals surface area (Å²) in [5.41, 5.74) is 3.06. The van der Waals surface area contributed by atoms with Crippen molar-refractivity contribution in [3.05, 3.63) is 53.7 Å². The average Bonchev–Trinajstić information content (AvgIpc) is 2.37. The molecule has 1 N–H and O–H groups in total.